The molecule has 1 N–H and O–H groups in total. The van der Waals surface area contributed by atoms with Crippen molar-refractivity contribution in [2.75, 3.05) is 76.0 Å². The summed E-state index contributed by atoms with van der Waals surface area (Å²) in [6.45, 7) is 9.90. The third-order valence-corrected chi connectivity index (χ3v) is 12.8. The summed E-state index contributed by atoms with van der Waals surface area (Å²) in [6.07, 6.45) is 3.55. The zero-order valence-electron chi connectivity index (χ0n) is 37.5. The summed E-state index contributed by atoms with van der Waals surface area (Å²) in [6, 6.07) is 55.1. The molecule has 3 fully saturated rings. The molecule has 6 aromatic carbocycles. The molecule has 0 aliphatic carbocycles. The van der Waals surface area contributed by atoms with Crippen molar-refractivity contribution >= 4 is 40.5 Å². The minimum absolute atomic E-state index is 0.185. The van der Waals surface area contributed by atoms with Crippen LogP contribution in [0, 0.1) is 0 Å². The van der Waals surface area contributed by atoms with Gasteiger partial charge in [0.25, 0.3) is 0 Å². The highest BCUT2D eigenvalue weighted by Gasteiger charge is 2.30. The van der Waals surface area contributed by atoms with E-state index in [2.05, 4.69) is 141 Å². The normalized spacial score (nSPS) is 17.7. The van der Waals surface area contributed by atoms with Gasteiger partial charge in [-0.2, -0.15) is 0 Å². The molecule has 3 aliphatic heterocycles. The molecule has 2 atom stereocenters. The zero-order chi connectivity index (χ0) is 45.2. The number of aliphatic hydroxyl groups excluding tert-OH is 1. The van der Waals surface area contributed by atoms with Crippen LogP contribution < -0.4 is 9.80 Å². The molecule has 0 amide bonds. The molecule has 0 spiro atoms. The molecule has 0 radical (unpaired) electrons. The standard InChI is InChI=1S/C26H27ClN2O2.C25H27ClN2O.C4H8O/c1-31-26(30)17-20-7-13-24(14-8-20)29-16-15-28(18-21-5-3-2-4-6-21)19-25(29)22-9-11-23(27)12-10-22;26-23-10-8-22(9-11-23)25-19-27(18-21-4-2-1-3-5-21)15-16-28(25)24-12-6-20(7-13-24)14-17-29;1-2-4-5-3-1/h2-14,25H,15-19H2,1H3;1-13,25,29H,14-19H2;1-4H2/t2*25-;/m00./s1. The highest BCUT2D eigenvalue weighted by atomic mass is 35.5. The molecule has 3 saturated heterocycles. The maximum atomic E-state index is 11.6. The van der Waals surface area contributed by atoms with Crippen LogP contribution in [0.4, 0.5) is 11.4 Å². The molecule has 6 aromatic rings. The molecule has 3 aliphatic rings. The van der Waals surface area contributed by atoms with Crippen molar-refractivity contribution in [2.24, 2.45) is 0 Å². The van der Waals surface area contributed by atoms with Crippen LogP contribution in [0.3, 0.4) is 0 Å². The van der Waals surface area contributed by atoms with E-state index in [1.807, 2.05) is 36.4 Å². The van der Waals surface area contributed by atoms with Gasteiger partial charge in [-0.3, -0.25) is 14.6 Å². The second-order valence-electron chi connectivity index (χ2n) is 16.8. The van der Waals surface area contributed by atoms with Crippen LogP contribution in [-0.4, -0.2) is 87.1 Å². The number of nitrogens with zero attached hydrogens (tertiary/aromatic N) is 4. The van der Waals surface area contributed by atoms with Gasteiger partial charge in [-0.25, -0.2) is 0 Å². The predicted molar refractivity (Wildman–Crippen MR) is 266 cm³/mol. The third kappa shape index (κ3) is 14.4. The summed E-state index contributed by atoms with van der Waals surface area (Å²) >= 11 is 12.3. The first-order valence-corrected chi connectivity index (χ1v) is 23.6. The summed E-state index contributed by atoms with van der Waals surface area (Å²) in [5.74, 6) is -0.221. The summed E-state index contributed by atoms with van der Waals surface area (Å²) in [5, 5.41) is 10.7. The molecule has 340 valence electrons. The van der Waals surface area contributed by atoms with Gasteiger partial charge < -0.3 is 24.4 Å². The minimum Gasteiger partial charge on any atom is -0.469 e. The van der Waals surface area contributed by atoms with E-state index in [1.54, 1.807) is 0 Å². The van der Waals surface area contributed by atoms with Crippen molar-refractivity contribution in [3.8, 4) is 0 Å². The van der Waals surface area contributed by atoms with Crippen LogP contribution >= 0.6 is 23.2 Å². The van der Waals surface area contributed by atoms with Crippen LogP contribution in [0.2, 0.25) is 10.0 Å². The van der Waals surface area contributed by atoms with E-state index in [0.29, 0.717) is 12.8 Å². The number of benzene rings is 6. The largest absolute Gasteiger partial charge is 0.469 e. The van der Waals surface area contributed by atoms with Gasteiger partial charge in [0.15, 0.2) is 0 Å². The Morgan fingerprint density at radius 2 is 1.00 bits per heavy atom. The highest BCUT2D eigenvalue weighted by molar-refractivity contribution is 6.30. The number of hydrogen-bond acceptors (Lipinski definition) is 8. The summed E-state index contributed by atoms with van der Waals surface area (Å²) in [4.78, 5) is 21.6. The van der Waals surface area contributed by atoms with E-state index in [-0.39, 0.29) is 24.7 Å². The molecule has 3 heterocycles. The van der Waals surface area contributed by atoms with Gasteiger partial charge in [-0.15, -0.1) is 0 Å². The lowest BCUT2D eigenvalue weighted by Crippen LogP contribution is -2.48. The van der Waals surface area contributed by atoms with Gasteiger partial charge >= 0.3 is 5.97 Å². The molecule has 0 aromatic heterocycles. The van der Waals surface area contributed by atoms with Gasteiger partial charge in [0, 0.05) is 93.6 Å². The van der Waals surface area contributed by atoms with Crippen molar-refractivity contribution in [3.63, 3.8) is 0 Å². The fraction of sp³-hybridized carbons (Fsp3) is 0.327. The molecule has 8 nitrogen and oxygen atoms in total. The zero-order valence-corrected chi connectivity index (χ0v) is 39.0. The van der Waals surface area contributed by atoms with E-state index in [9.17, 15) is 9.90 Å². The first kappa shape index (κ1) is 47.8. The van der Waals surface area contributed by atoms with Crippen LogP contribution in [0.15, 0.2) is 158 Å². The quantitative estimate of drug-likeness (QED) is 0.122. The molecule has 0 saturated carbocycles. The Balaban J connectivity index is 0.000000175. The molecular weight excluding hydrogens is 852 g/mol. The van der Waals surface area contributed by atoms with Gasteiger partial charge in [0.2, 0.25) is 0 Å². The smallest absolute Gasteiger partial charge is 0.309 e. The number of esters is 1. The molecular formula is C55H62Cl2N4O4. The van der Waals surface area contributed by atoms with E-state index < -0.39 is 0 Å². The maximum Gasteiger partial charge on any atom is 0.309 e. The Bertz CT molecular complexity index is 2290. The number of halogens is 2. The fourth-order valence-corrected chi connectivity index (χ4v) is 9.00. The molecule has 9 rings (SSSR count). The van der Waals surface area contributed by atoms with Crippen molar-refractivity contribution in [2.45, 2.75) is 50.9 Å². The van der Waals surface area contributed by atoms with Crippen molar-refractivity contribution < 1.29 is 19.4 Å². The number of carbonyl (C=O) groups is 1. The van der Waals surface area contributed by atoms with E-state index in [1.165, 1.54) is 53.5 Å². The molecule has 10 heteroatoms. The Labute approximate surface area is 395 Å². The number of anilines is 2. The van der Waals surface area contributed by atoms with Crippen LogP contribution in [0.5, 0.6) is 0 Å². The number of carbonyl (C=O) groups excluding carboxylic acids is 1. The number of piperazine rings is 2. The average molecular weight is 914 g/mol. The van der Waals surface area contributed by atoms with Crippen LogP contribution in [0.25, 0.3) is 0 Å². The van der Waals surface area contributed by atoms with Crippen molar-refractivity contribution in [1.82, 2.24) is 9.80 Å². The number of methoxy groups -OCH3 is 1. The second-order valence-corrected chi connectivity index (χ2v) is 17.7. The molecule has 0 bridgehead atoms. The maximum absolute atomic E-state index is 11.6. The highest BCUT2D eigenvalue weighted by Crippen LogP contribution is 2.34. The number of ether oxygens (including phenoxy) is 2. The summed E-state index contributed by atoms with van der Waals surface area (Å²) < 4.78 is 9.72. The van der Waals surface area contributed by atoms with Gasteiger partial charge in [0.05, 0.1) is 25.6 Å². The van der Waals surface area contributed by atoms with Crippen LogP contribution in [-0.2, 0) is 40.2 Å². The fourth-order valence-electron chi connectivity index (χ4n) is 8.75. The first-order chi connectivity index (χ1) is 31.8. The van der Waals surface area contributed by atoms with Gasteiger partial charge in [-0.05, 0) is 101 Å². The SMILES string of the molecule is C1CCOC1.COC(=O)Cc1ccc(N2CCN(Cc3ccccc3)C[C@H]2c2ccc(Cl)cc2)cc1.OCCc1ccc(N2CCN(Cc3ccccc3)C[C@H]2c2ccc(Cl)cc2)cc1. The Kier molecular flexibility index (Phi) is 18.3. The minimum atomic E-state index is -0.221. The van der Waals surface area contributed by atoms with E-state index in [4.69, 9.17) is 32.7 Å². The van der Waals surface area contributed by atoms with Crippen molar-refractivity contribution in [3.05, 3.63) is 201 Å². The number of aliphatic hydroxyl groups is 1. The van der Waals surface area contributed by atoms with Crippen LogP contribution in [0.1, 0.15) is 58.3 Å². The average Bonchev–Trinajstić information content (AvgIpc) is 3.95. The van der Waals surface area contributed by atoms with Crippen molar-refractivity contribution in [1.29, 1.82) is 0 Å². The predicted octanol–water partition coefficient (Wildman–Crippen LogP) is 10.9. The summed E-state index contributed by atoms with van der Waals surface area (Å²) in [5.41, 5.74) is 9.73. The second kappa shape index (κ2) is 24.9. The Morgan fingerprint density at radius 1 is 0.569 bits per heavy atom. The van der Waals surface area contributed by atoms with E-state index in [0.717, 1.165) is 86.9 Å². The number of rotatable bonds is 12. The number of hydrogen-bond donors (Lipinski definition) is 1. The molecule has 0 unspecified atom stereocenters. The Hall–Kier alpha value is -5.19. The topological polar surface area (TPSA) is 68.7 Å². The van der Waals surface area contributed by atoms with Gasteiger partial charge in [-0.1, -0.05) is 132 Å². The first-order valence-electron chi connectivity index (χ1n) is 22.8. The monoisotopic (exact) mass is 912 g/mol. The Morgan fingerprint density at radius 3 is 1.38 bits per heavy atom. The van der Waals surface area contributed by atoms with E-state index >= 15 is 0 Å². The summed E-state index contributed by atoms with van der Waals surface area (Å²) in [7, 11) is 1.42. The lowest BCUT2D eigenvalue weighted by Gasteiger charge is -2.43. The van der Waals surface area contributed by atoms with Gasteiger partial charge in [0.1, 0.15) is 0 Å². The lowest BCUT2D eigenvalue weighted by atomic mass is 10.00. The lowest BCUT2D eigenvalue weighted by molar-refractivity contribution is -0.139. The third-order valence-electron chi connectivity index (χ3n) is 12.3. The molecule has 65 heavy (non-hydrogen) atoms.